The second kappa shape index (κ2) is 14.7. The van der Waals surface area contributed by atoms with Crippen molar-refractivity contribution in [3.63, 3.8) is 0 Å². The maximum Gasteiger partial charge on any atom is 0.246 e. The van der Waals surface area contributed by atoms with Crippen LogP contribution < -0.4 is 16.0 Å². The molecule has 2 aliphatic rings. The number of fused-ring (bicyclic) bond motifs is 1. The Balaban J connectivity index is 1.40. The average molecular weight is 600 g/mol. The van der Waals surface area contributed by atoms with E-state index < -0.39 is 35.5 Å². The average Bonchev–Trinajstić information content (AvgIpc) is 3.46. The minimum atomic E-state index is -1.32. The highest BCUT2D eigenvalue weighted by Gasteiger charge is 2.42. The summed E-state index contributed by atoms with van der Waals surface area (Å²) in [4.78, 5) is 59.6. The Morgan fingerprint density at radius 2 is 1.76 bits per heavy atom. The van der Waals surface area contributed by atoms with Crippen molar-refractivity contribution in [2.45, 2.75) is 68.2 Å². The zero-order valence-corrected chi connectivity index (χ0v) is 25.0. The van der Waals surface area contributed by atoms with Crippen LogP contribution in [0.5, 0.6) is 0 Å². The quantitative estimate of drug-likeness (QED) is 0.280. The largest absolute Gasteiger partial charge is 0.380 e. The summed E-state index contributed by atoms with van der Waals surface area (Å²) in [5, 5.41) is 9.39. The van der Waals surface area contributed by atoms with Crippen LogP contribution in [0.4, 0.5) is 0 Å². The Morgan fingerprint density at radius 1 is 0.976 bits per heavy atom. The van der Waals surface area contributed by atoms with E-state index >= 15 is 0 Å². The van der Waals surface area contributed by atoms with Crippen molar-refractivity contribution < 1.29 is 23.9 Å². The summed E-state index contributed by atoms with van der Waals surface area (Å²) in [5.41, 5.74) is -0.437. The van der Waals surface area contributed by atoms with Gasteiger partial charge < -0.3 is 25.6 Å². The minimum absolute atomic E-state index is 0.227. The molecule has 2 fully saturated rings. The zero-order valence-electron chi connectivity index (χ0n) is 23.3. The third kappa shape index (κ3) is 8.70. The fraction of sp³-hybridized carbons (Fsp3) is 0.483. The first kappa shape index (κ1) is 30.9. The molecule has 1 aromatic heterocycles. The fourth-order valence-corrected chi connectivity index (χ4v) is 6.52. The molecule has 0 saturated carbocycles. The Morgan fingerprint density at radius 3 is 2.51 bits per heavy atom. The van der Waals surface area contributed by atoms with Crippen LogP contribution in [0.15, 0.2) is 59.8 Å². The van der Waals surface area contributed by atoms with Gasteiger partial charge in [0, 0.05) is 31.5 Å². The molecule has 4 amide bonds. The van der Waals surface area contributed by atoms with E-state index in [1.54, 1.807) is 46.5 Å². The number of benzene rings is 1. The SMILES string of the molecule is CC1(C)NC(=O)[C@H](CCOCCSSc2ccccn2)NC(=O)[C@H]2CCCN2C(=O)[C@H](Cc2ccccc2)NC1=O. The van der Waals surface area contributed by atoms with Crippen LogP contribution >= 0.6 is 21.6 Å². The van der Waals surface area contributed by atoms with Crippen molar-refractivity contribution in [2.75, 3.05) is 25.5 Å². The van der Waals surface area contributed by atoms with E-state index in [0.717, 1.165) is 16.3 Å². The second-order valence-electron chi connectivity index (χ2n) is 10.6. The molecule has 12 heteroatoms. The first-order chi connectivity index (χ1) is 19.7. The number of rotatable bonds is 10. The van der Waals surface area contributed by atoms with Crippen LogP contribution in [-0.2, 0) is 30.3 Å². The topological polar surface area (TPSA) is 130 Å². The van der Waals surface area contributed by atoms with Gasteiger partial charge in [0.2, 0.25) is 23.6 Å². The third-order valence-corrected chi connectivity index (χ3v) is 9.23. The Labute approximate surface area is 248 Å². The van der Waals surface area contributed by atoms with E-state index in [1.165, 1.54) is 0 Å². The third-order valence-electron chi connectivity index (χ3n) is 7.00. The number of hydrogen-bond acceptors (Lipinski definition) is 8. The Bertz CT molecular complexity index is 1200. The highest BCUT2D eigenvalue weighted by molar-refractivity contribution is 8.76. The molecule has 41 heavy (non-hydrogen) atoms. The van der Waals surface area contributed by atoms with E-state index in [2.05, 4.69) is 20.9 Å². The Kier molecular flexibility index (Phi) is 11.1. The second-order valence-corrected chi connectivity index (χ2v) is 13.0. The van der Waals surface area contributed by atoms with Crippen molar-refractivity contribution >= 4 is 45.2 Å². The lowest BCUT2D eigenvalue weighted by Crippen LogP contribution is -2.64. The molecular weight excluding hydrogens is 562 g/mol. The molecule has 10 nitrogen and oxygen atoms in total. The maximum absolute atomic E-state index is 13.7. The van der Waals surface area contributed by atoms with E-state index in [0.29, 0.717) is 26.0 Å². The minimum Gasteiger partial charge on any atom is -0.380 e. The van der Waals surface area contributed by atoms with Crippen molar-refractivity contribution in [1.82, 2.24) is 25.8 Å². The number of nitrogens with one attached hydrogen (secondary N) is 3. The normalized spacial score (nSPS) is 23.1. The summed E-state index contributed by atoms with van der Waals surface area (Å²) in [6.07, 6.45) is 3.40. The smallest absolute Gasteiger partial charge is 0.246 e. The number of nitrogens with zero attached hydrogens (tertiary/aromatic N) is 2. The highest BCUT2D eigenvalue weighted by Crippen LogP contribution is 2.28. The van der Waals surface area contributed by atoms with Gasteiger partial charge in [-0.05, 0) is 61.6 Å². The lowest BCUT2D eigenvalue weighted by Gasteiger charge is -2.34. The molecule has 3 atom stereocenters. The number of hydrogen-bond donors (Lipinski definition) is 3. The molecule has 0 spiro atoms. The van der Waals surface area contributed by atoms with E-state index in [1.807, 2.05) is 48.5 Å². The van der Waals surface area contributed by atoms with Crippen LogP contribution in [0.25, 0.3) is 0 Å². The van der Waals surface area contributed by atoms with E-state index in [4.69, 9.17) is 4.74 Å². The molecule has 2 saturated heterocycles. The van der Waals surface area contributed by atoms with Crippen LogP contribution in [-0.4, -0.2) is 82.7 Å². The number of amides is 4. The van der Waals surface area contributed by atoms with E-state index in [-0.39, 0.29) is 31.3 Å². The molecule has 220 valence electrons. The number of carbonyl (C=O) groups is 4. The molecular formula is C29H37N5O5S2. The molecule has 0 aliphatic carbocycles. The summed E-state index contributed by atoms with van der Waals surface area (Å²) >= 11 is 0. The van der Waals surface area contributed by atoms with Gasteiger partial charge >= 0.3 is 0 Å². The summed E-state index contributed by atoms with van der Waals surface area (Å²) in [6, 6.07) is 12.7. The van der Waals surface area contributed by atoms with Crippen LogP contribution in [0.2, 0.25) is 0 Å². The van der Waals surface area contributed by atoms with Gasteiger partial charge in [0.1, 0.15) is 28.7 Å². The lowest BCUT2D eigenvalue weighted by molar-refractivity contribution is -0.144. The number of pyridine rings is 1. The van der Waals surface area contributed by atoms with Gasteiger partial charge in [-0.1, -0.05) is 47.2 Å². The predicted molar refractivity (Wildman–Crippen MR) is 159 cm³/mol. The van der Waals surface area contributed by atoms with Gasteiger partial charge in [-0.2, -0.15) is 0 Å². The molecule has 1 aromatic carbocycles. The van der Waals surface area contributed by atoms with Crippen molar-refractivity contribution in [1.29, 1.82) is 0 Å². The summed E-state index contributed by atoms with van der Waals surface area (Å²) < 4.78 is 5.75. The summed E-state index contributed by atoms with van der Waals surface area (Å²) in [7, 11) is 3.18. The van der Waals surface area contributed by atoms with Gasteiger partial charge in [0.25, 0.3) is 0 Å². The number of ether oxygens (including phenoxy) is 1. The van der Waals surface area contributed by atoms with Gasteiger partial charge in [0.05, 0.1) is 6.61 Å². The van der Waals surface area contributed by atoms with Gasteiger partial charge in [0.15, 0.2) is 0 Å². The monoisotopic (exact) mass is 599 g/mol. The van der Waals surface area contributed by atoms with Gasteiger partial charge in [-0.25, -0.2) is 4.98 Å². The molecule has 4 rings (SSSR count). The molecule has 2 aromatic rings. The van der Waals surface area contributed by atoms with Crippen molar-refractivity contribution in [2.24, 2.45) is 0 Å². The zero-order chi connectivity index (χ0) is 29.2. The Hall–Kier alpha value is -3.09. The molecule has 0 unspecified atom stereocenters. The first-order valence-corrected chi connectivity index (χ1v) is 16.1. The maximum atomic E-state index is 13.7. The molecule has 0 radical (unpaired) electrons. The molecule has 0 bridgehead atoms. The van der Waals surface area contributed by atoms with Crippen LogP contribution in [0.1, 0.15) is 38.7 Å². The fourth-order valence-electron chi connectivity index (χ4n) is 4.78. The standard InChI is InChI=1S/C29H37N5O5S2/c1-29(2)28(38)32-22(19-20-9-4-3-5-10-20)27(37)34-15-8-11-23(34)26(36)31-21(25(35)33-29)13-16-39-17-18-40-41-24-12-6-7-14-30-24/h3-7,9-10,12,14,21-23H,8,11,13,15-19H2,1-2H3,(H,31,36)(H,32,38)(H,33,35)/t21-,22-,23+/m0/s1. The highest BCUT2D eigenvalue weighted by atomic mass is 33.1. The van der Waals surface area contributed by atoms with Crippen LogP contribution in [0, 0.1) is 0 Å². The van der Waals surface area contributed by atoms with E-state index in [9.17, 15) is 19.2 Å². The predicted octanol–water partition coefficient (Wildman–Crippen LogP) is 2.34. The van der Waals surface area contributed by atoms with Gasteiger partial charge in [-0.15, -0.1) is 0 Å². The lowest BCUT2D eigenvalue weighted by atomic mass is 9.99. The molecule has 3 heterocycles. The van der Waals surface area contributed by atoms with Crippen LogP contribution in [0.3, 0.4) is 0 Å². The summed E-state index contributed by atoms with van der Waals surface area (Å²) in [6.45, 7) is 4.29. The molecule has 3 N–H and O–H groups in total. The molecule has 2 aliphatic heterocycles. The first-order valence-electron chi connectivity index (χ1n) is 13.8. The number of carbonyl (C=O) groups excluding carboxylic acids is 4. The summed E-state index contributed by atoms with van der Waals surface area (Å²) in [5.74, 6) is -0.899. The van der Waals surface area contributed by atoms with Crippen molar-refractivity contribution in [3.8, 4) is 0 Å². The van der Waals surface area contributed by atoms with Gasteiger partial charge in [-0.3, -0.25) is 19.2 Å². The number of aromatic nitrogens is 1. The van der Waals surface area contributed by atoms with Crippen molar-refractivity contribution in [3.05, 3.63) is 60.3 Å².